The minimum Gasteiger partial charge on any atom is -0.459 e. The van der Waals surface area contributed by atoms with Gasteiger partial charge in [-0.05, 0) is 31.4 Å². The second kappa shape index (κ2) is 12.5. The van der Waals surface area contributed by atoms with E-state index in [2.05, 4.69) is 10.3 Å². The average molecular weight is 448 g/mol. The van der Waals surface area contributed by atoms with Crippen LogP contribution in [0.5, 0.6) is 0 Å². The zero-order chi connectivity index (χ0) is 23.5. The molecule has 2 heterocycles. The molecule has 0 radical (unpaired) electrons. The van der Waals surface area contributed by atoms with Crippen molar-refractivity contribution in [3.05, 3.63) is 45.0 Å². The van der Waals surface area contributed by atoms with E-state index in [4.69, 9.17) is 10.2 Å². The number of aromatic amines is 1. The number of aromatic nitrogens is 2. The Bertz CT molecular complexity index is 993. The third-order valence-corrected chi connectivity index (χ3v) is 5.10. The average Bonchev–Trinajstić information content (AvgIpc) is 3.30. The molecule has 2 rings (SSSR count). The Morgan fingerprint density at radius 3 is 2.56 bits per heavy atom. The number of carbonyl (C=O) groups is 2. The summed E-state index contributed by atoms with van der Waals surface area (Å²) in [5.41, 5.74) is 4.97. The van der Waals surface area contributed by atoms with Gasteiger partial charge in [-0.1, -0.05) is 33.1 Å². The molecule has 0 atom stereocenters. The molecule has 0 aliphatic heterocycles. The van der Waals surface area contributed by atoms with Crippen LogP contribution in [0.4, 0.5) is 11.5 Å². The van der Waals surface area contributed by atoms with Gasteiger partial charge in [0.25, 0.3) is 11.5 Å². The number of nitrogens with zero attached hydrogens (tertiary/aromatic N) is 2. The number of nitrogen functional groups attached to an aromatic ring is 1. The van der Waals surface area contributed by atoms with Crippen LogP contribution in [0.2, 0.25) is 0 Å². The van der Waals surface area contributed by atoms with Crippen molar-refractivity contribution in [2.75, 3.05) is 23.7 Å². The molecule has 0 spiro atoms. The van der Waals surface area contributed by atoms with Gasteiger partial charge in [-0.15, -0.1) is 0 Å². The molecule has 2 aromatic rings. The largest absolute Gasteiger partial charge is 0.459 e. The zero-order valence-corrected chi connectivity index (χ0v) is 18.8. The van der Waals surface area contributed by atoms with Crippen LogP contribution in [0.1, 0.15) is 69.3 Å². The normalized spacial score (nSPS) is 10.8. The fourth-order valence-corrected chi connectivity index (χ4v) is 3.33. The van der Waals surface area contributed by atoms with E-state index in [0.717, 1.165) is 25.7 Å². The van der Waals surface area contributed by atoms with Gasteiger partial charge in [0.05, 0.1) is 6.26 Å². The quantitative estimate of drug-likeness (QED) is 0.402. The van der Waals surface area contributed by atoms with Gasteiger partial charge < -0.3 is 20.4 Å². The predicted molar refractivity (Wildman–Crippen MR) is 123 cm³/mol. The standard InChI is InChI=1S/C22H33N5O5/c1-3-5-7-14-26(17(28)11-8-12-24-20(29)16-10-9-15-32-16)18-19(23)27(13-6-4-2)22(31)25-21(18)30/h9-10,15H,3-8,11-14,23H2,1-2H3,(H,24,29)(H,25,30,31). The van der Waals surface area contributed by atoms with Gasteiger partial charge in [0.1, 0.15) is 5.82 Å². The smallest absolute Gasteiger partial charge is 0.330 e. The molecule has 0 aliphatic rings. The summed E-state index contributed by atoms with van der Waals surface area (Å²) in [6.07, 6.45) is 6.00. The molecule has 0 aromatic carbocycles. The molecular formula is C22H33N5O5. The summed E-state index contributed by atoms with van der Waals surface area (Å²) in [6, 6.07) is 3.17. The van der Waals surface area contributed by atoms with Crippen LogP contribution < -0.4 is 27.2 Å². The summed E-state index contributed by atoms with van der Waals surface area (Å²) >= 11 is 0. The molecule has 0 unspecified atom stereocenters. The monoisotopic (exact) mass is 447 g/mol. The first kappa shape index (κ1) is 25.0. The zero-order valence-electron chi connectivity index (χ0n) is 18.8. The Balaban J connectivity index is 2.14. The lowest BCUT2D eigenvalue weighted by Gasteiger charge is -2.24. The van der Waals surface area contributed by atoms with Crippen LogP contribution in [-0.4, -0.2) is 34.5 Å². The Hall–Kier alpha value is -3.30. The van der Waals surface area contributed by atoms with E-state index < -0.39 is 11.2 Å². The fourth-order valence-electron chi connectivity index (χ4n) is 3.33. The predicted octanol–water partition coefficient (Wildman–Crippen LogP) is 2.25. The SMILES string of the molecule is CCCCCN(C(=O)CCCNC(=O)c1ccco1)c1c(N)n(CCCC)c(=O)[nH]c1=O. The van der Waals surface area contributed by atoms with Gasteiger partial charge in [-0.3, -0.25) is 23.9 Å². The molecule has 10 heteroatoms. The van der Waals surface area contributed by atoms with Crippen molar-refractivity contribution in [3.8, 4) is 0 Å². The van der Waals surface area contributed by atoms with Crippen molar-refractivity contribution < 1.29 is 14.0 Å². The van der Waals surface area contributed by atoms with Crippen molar-refractivity contribution >= 4 is 23.3 Å². The van der Waals surface area contributed by atoms with Crippen molar-refractivity contribution in [3.63, 3.8) is 0 Å². The second-order valence-corrected chi connectivity index (χ2v) is 7.59. The number of hydrogen-bond acceptors (Lipinski definition) is 6. The number of rotatable bonds is 13. The third-order valence-electron chi connectivity index (χ3n) is 5.10. The van der Waals surface area contributed by atoms with Gasteiger partial charge in [-0.25, -0.2) is 4.79 Å². The van der Waals surface area contributed by atoms with Gasteiger partial charge in [0, 0.05) is 26.1 Å². The Morgan fingerprint density at radius 2 is 1.91 bits per heavy atom. The molecular weight excluding hydrogens is 414 g/mol. The number of amides is 2. The maximum absolute atomic E-state index is 13.0. The topological polar surface area (TPSA) is 143 Å². The van der Waals surface area contributed by atoms with E-state index in [1.165, 1.54) is 15.7 Å². The maximum atomic E-state index is 13.0. The summed E-state index contributed by atoms with van der Waals surface area (Å²) in [6.45, 7) is 4.99. The van der Waals surface area contributed by atoms with Crippen LogP contribution in [0.15, 0.2) is 32.4 Å². The number of nitrogens with two attached hydrogens (primary N) is 1. The number of unbranched alkanes of at least 4 members (excludes halogenated alkanes) is 3. The highest BCUT2D eigenvalue weighted by Crippen LogP contribution is 2.19. The first-order chi connectivity index (χ1) is 15.4. The lowest BCUT2D eigenvalue weighted by molar-refractivity contribution is -0.118. The first-order valence-corrected chi connectivity index (χ1v) is 11.1. The number of nitrogens with one attached hydrogen (secondary N) is 2. The van der Waals surface area contributed by atoms with Gasteiger partial charge in [0.15, 0.2) is 11.4 Å². The van der Waals surface area contributed by atoms with Crippen LogP contribution in [0.25, 0.3) is 0 Å². The minimum absolute atomic E-state index is 0.00294. The summed E-state index contributed by atoms with van der Waals surface area (Å²) < 4.78 is 6.34. The van der Waals surface area contributed by atoms with Crippen LogP contribution in [-0.2, 0) is 11.3 Å². The first-order valence-electron chi connectivity index (χ1n) is 11.1. The van der Waals surface area contributed by atoms with E-state index in [-0.39, 0.29) is 42.0 Å². The summed E-state index contributed by atoms with van der Waals surface area (Å²) in [5, 5.41) is 2.69. The number of H-pyrrole nitrogens is 1. The van der Waals surface area contributed by atoms with E-state index in [1.807, 2.05) is 13.8 Å². The second-order valence-electron chi connectivity index (χ2n) is 7.59. The Kier molecular flexibility index (Phi) is 9.77. The molecule has 4 N–H and O–H groups in total. The highest BCUT2D eigenvalue weighted by Gasteiger charge is 2.23. The van der Waals surface area contributed by atoms with E-state index in [1.54, 1.807) is 12.1 Å². The fraction of sp³-hybridized carbons (Fsp3) is 0.545. The minimum atomic E-state index is -0.670. The van der Waals surface area contributed by atoms with Crippen LogP contribution in [0.3, 0.4) is 0 Å². The molecule has 0 bridgehead atoms. The molecule has 10 nitrogen and oxygen atoms in total. The molecule has 0 aliphatic carbocycles. The summed E-state index contributed by atoms with van der Waals surface area (Å²) in [4.78, 5) is 53.4. The van der Waals surface area contributed by atoms with Gasteiger partial charge in [-0.2, -0.15) is 0 Å². The molecule has 176 valence electrons. The summed E-state index contributed by atoms with van der Waals surface area (Å²) in [5.74, 6) is -0.438. The van der Waals surface area contributed by atoms with E-state index in [9.17, 15) is 19.2 Å². The highest BCUT2D eigenvalue weighted by atomic mass is 16.3. The highest BCUT2D eigenvalue weighted by molar-refractivity contribution is 5.95. The third kappa shape index (κ3) is 6.60. The Morgan fingerprint density at radius 1 is 1.16 bits per heavy atom. The molecule has 32 heavy (non-hydrogen) atoms. The van der Waals surface area contributed by atoms with Gasteiger partial charge in [0.2, 0.25) is 5.91 Å². The maximum Gasteiger partial charge on any atom is 0.330 e. The number of furan rings is 1. The number of carbonyl (C=O) groups excluding carboxylic acids is 2. The summed E-state index contributed by atoms with van der Waals surface area (Å²) in [7, 11) is 0. The molecule has 0 saturated heterocycles. The lowest BCUT2D eigenvalue weighted by Crippen LogP contribution is -2.41. The number of hydrogen-bond donors (Lipinski definition) is 3. The van der Waals surface area contributed by atoms with Crippen molar-refractivity contribution in [2.24, 2.45) is 0 Å². The molecule has 0 saturated carbocycles. The van der Waals surface area contributed by atoms with Crippen molar-refractivity contribution in [2.45, 2.75) is 65.3 Å². The Labute approximate surface area is 186 Å². The van der Waals surface area contributed by atoms with Crippen LogP contribution >= 0.6 is 0 Å². The van der Waals surface area contributed by atoms with Gasteiger partial charge >= 0.3 is 5.69 Å². The molecule has 2 aromatic heterocycles. The lowest BCUT2D eigenvalue weighted by atomic mass is 10.2. The van der Waals surface area contributed by atoms with Crippen molar-refractivity contribution in [1.29, 1.82) is 0 Å². The number of anilines is 2. The van der Waals surface area contributed by atoms with E-state index >= 15 is 0 Å². The van der Waals surface area contributed by atoms with Crippen molar-refractivity contribution in [1.82, 2.24) is 14.9 Å². The van der Waals surface area contributed by atoms with Crippen LogP contribution in [0, 0.1) is 0 Å². The molecule has 0 fully saturated rings. The molecule has 2 amide bonds. The van der Waals surface area contributed by atoms with E-state index in [0.29, 0.717) is 25.9 Å².